The van der Waals surface area contributed by atoms with Crippen LogP contribution in [0.1, 0.15) is 13.8 Å². The minimum Gasteiger partial charge on any atom is -0.327 e. The molecule has 0 rings (SSSR count). The first-order chi connectivity index (χ1) is 6.64. The van der Waals surface area contributed by atoms with Gasteiger partial charge in [-0.25, -0.2) is 0 Å². The van der Waals surface area contributed by atoms with Gasteiger partial charge in [0.1, 0.15) is 0 Å². The molecular formula is C9H14NO4. The van der Waals surface area contributed by atoms with Crippen molar-refractivity contribution in [3.05, 3.63) is 12.7 Å². The molecule has 79 valence electrons. The lowest BCUT2D eigenvalue weighted by Gasteiger charge is -2.26. The van der Waals surface area contributed by atoms with Crippen molar-refractivity contribution in [3.63, 3.8) is 0 Å². The Morgan fingerprint density at radius 2 is 2.00 bits per heavy atom. The fraction of sp³-hybridized carbons (Fsp3) is 0.556. The van der Waals surface area contributed by atoms with Gasteiger partial charge in [0, 0.05) is 13.2 Å². The van der Waals surface area contributed by atoms with E-state index < -0.39 is 11.8 Å². The molecule has 0 aliphatic rings. The van der Waals surface area contributed by atoms with Crippen molar-refractivity contribution >= 4 is 12.2 Å². The molecule has 5 nitrogen and oxygen atoms in total. The van der Waals surface area contributed by atoms with Gasteiger partial charge in [0.25, 0.3) is 6.29 Å². The van der Waals surface area contributed by atoms with Crippen LogP contribution in [0.25, 0.3) is 0 Å². The molecule has 0 atom stereocenters. The van der Waals surface area contributed by atoms with Gasteiger partial charge in [0.2, 0.25) is 5.91 Å². The zero-order valence-corrected chi connectivity index (χ0v) is 8.33. The van der Waals surface area contributed by atoms with E-state index >= 15 is 0 Å². The maximum Gasteiger partial charge on any atom is 0.323 e. The molecule has 0 aliphatic heterocycles. The molecule has 0 aromatic carbocycles. The van der Waals surface area contributed by atoms with E-state index in [2.05, 4.69) is 11.9 Å². The van der Waals surface area contributed by atoms with Crippen molar-refractivity contribution in [2.45, 2.75) is 19.8 Å². The summed E-state index contributed by atoms with van der Waals surface area (Å²) < 4.78 is 9.93. The third kappa shape index (κ3) is 3.68. The number of hydrogen-bond acceptors (Lipinski definition) is 4. The predicted octanol–water partition coefficient (Wildman–Crippen LogP) is 0.125. The van der Waals surface area contributed by atoms with Crippen molar-refractivity contribution in [2.75, 3.05) is 13.2 Å². The molecular weight excluding hydrogens is 186 g/mol. The Balaban J connectivity index is 4.55. The van der Waals surface area contributed by atoms with Crippen LogP contribution in [-0.4, -0.2) is 31.3 Å². The van der Waals surface area contributed by atoms with E-state index in [1.807, 2.05) is 0 Å². The molecule has 0 fully saturated rings. The second kappa shape index (κ2) is 6.28. The summed E-state index contributed by atoms with van der Waals surface area (Å²) in [5, 5.41) is 2.21. The van der Waals surface area contributed by atoms with E-state index in [9.17, 15) is 9.59 Å². The summed E-state index contributed by atoms with van der Waals surface area (Å²) in [4.78, 5) is 21.6. The molecule has 0 bridgehead atoms. The van der Waals surface area contributed by atoms with Crippen molar-refractivity contribution in [3.8, 4) is 0 Å². The van der Waals surface area contributed by atoms with Crippen molar-refractivity contribution in [1.82, 2.24) is 5.32 Å². The zero-order valence-electron chi connectivity index (χ0n) is 8.33. The Hall–Kier alpha value is -1.20. The zero-order chi connectivity index (χ0) is 11.0. The fourth-order valence-corrected chi connectivity index (χ4v) is 0.818. The summed E-state index contributed by atoms with van der Waals surface area (Å²) in [7, 11) is 0. The largest absolute Gasteiger partial charge is 0.327 e. The number of ether oxygens (including phenoxy) is 2. The van der Waals surface area contributed by atoms with E-state index in [1.165, 1.54) is 6.29 Å². The molecule has 1 radical (unpaired) electrons. The second-order valence-electron chi connectivity index (χ2n) is 2.28. The maximum absolute atomic E-state index is 11.0. The van der Waals surface area contributed by atoms with Gasteiger partial charge < -0.3 is 9.47 Å². The summed E-state index contributed by atoms with van der Waals surface area (Å²) in [6.45, 7) is 7.02. The van der Waals surface area contributed by atoms with Crippen LogP contribution in [0, 0.1) is 0 Å². The van der Waals surface area contributed by atoms with E-state index in [0.29, 0.717) is 0 Å². The molecule has 1 N–H and O–H groups in total. The number of carbonyl (C=O) groups excluding carboxylic acids is 2. The van der Waals surface area contributed by atoms with Gasteiger partial charge in [-0.15, -0.1) is 0 Å². The number of nitrogens with one attached hydrogen (secondary N) is 1. The molecule has 14 heavy (non-hydrogen) atoms. The van der Waals surface area contributed by atoms with Crippen molar-refractivity contribution < 1.29 is 19.1 Å². The number of hydrogen-bond donors (Lipinski definition) is 1. The molecule has 0 unspecified atom stereocenters. The second-order valence-corrected chi connectivity index (χ2v) is 2.28. The minimum absolute atomic E-state index is 0.215. The smallest absolute Gasteiger partial charge is 0.323 e. The Kier molecular flexibility index (Phi) is 5.74. The van der Waals surface area contributed by atoms with Gasteiger partial charge in [0.15, 0.2) is 0 Å². The summed E-state index contributed by atoms with van der Waals surface area (Å²) in [5.74, 6) is -2.37. The highest BCUT2D eigenvalue weighted by atomic mass is 16.7. The third-order valence-corrected chi connectivity index (χ3v) is 1.30. The first-order valence-electron chi connectivity index (χ1n) is 4.25. The standard InChI is InChI=1S/C9H14NO4/c1-4-8(12)10-9(7-11,13-5-2)14-6-3/h4H,1,5-6H2,2-3H3,(H,10,12). The van der Waals surface area contributed by atoms with Gasteiger partial charge in [-0.05, 0) is 19.9 Å². The highest BCUT2D eigenvalue weighted by Gasteiger charge is 2.33. The Bertz CT molecular complexity index is 209. The lowest BCUT2D eigenvalue weighted by atomic mass is 10.4. The van der Waals surface area contributed by atoms with Gasteiger partial charge >= 0.3 is 5.91 Å². The topological polar surface area (TPSA) is 64.6 Å². The SMILES string of the molecule is C=CC(=O)NC([C]=O)(OCC)OCC. The summed E-state index contributed by atoms with van der Waals surface area (Å²) >= 11 is 0. The van der Waals surface area contributed by atoms with Crippen LogP contribution in [0.5, 0.6) is 0 Å². The van der Waals surface area contributed by atoms with Crippen LogP contribution in [0.3, 0.4) is 0 Å². The summed E-state index contributed by atoms with van der Waals surface area (Å²) in [6.07, 6.45) is 2.53. The van der Waals surface area contributed by atoms with E-state index in [4.69, 9.17) is 9.47 Å². The predicted molar refractivity (Wildman–Crippen MR) is 50.0 cm³/mol. The van der Waals surface area contributed by atoms with Crippen LogP contribution in [-0.2, 0) is 19.1 Å². The molecule has 0 aromatic rings. The van der Waals surface area contributed by atoms with E-state index in [1.54, 1.807) is 13.8 Å². The monoisotopic (exact) mass is 200 g/mol. The lowest BCUT2D eigenvalue weighted by molar-refractivity contribution is -0.203. The van der Waals surface area contributed by atoms with Crippen LogP contribution < -0.4 is 5.32 Å². The molecule has 1 amide bonds. The van der Waals surface area contributed by atoms with Crippen LogP contribution in [0.2, 0.25) is 0 Å². The van der Waals surface area contributed by atoms with Gasteiger partial charge in [0.05, 0.1) is 0 Å². The van der Waals surface area contributed by atoms with Gasteiger partial charge in [-0.2, -0.15) is 0 Å². The average Bonchev–Trinajstić information content (AvgIpc) is 2.18. The van der Waals surface area contributed by atoms with E-state index in [0.717, 1.165) is 6.08 Å². The number of carbonyl (C=O) groups is 1. The van der Waals surface area contributed by atoms with Crippen LogP contribution in [0.15, 0.2) is 12.7 Å². The molecule has 0 saturated heterocycles. The Morgan fingerprint density at radius 3 is 2.29 bits per heavy atom. The first-order valence-corrected chi connectivity index (χ1v) is 4.25. The highest BCUT2D eigenvalue weighted by Crippen LogP contribution is 2.06. The molecule has 0 saturated carbocycles. The van der Waals surface area contributed by atoms with Crippen molar-refractivity contribution in [1.29, 1.82) is 0 Å². The molecule has 0 heterocycles. The quantitative estimate of drug-likeness (QED) is 0.468. The Morgan fingerprint density at radius 1 is 1.50 bits per heavy atom. The lowest BCUT2D eigenvalue weighted by Crippen LogP contribution is -2.53. The summed E-state index contributed by atoms with van der Waals surface area (Å²) in [5.41, 5.74) is 0. The molecule has 5 heteroatoms. The normalized spacial score (nSPS) is 10.7. The summed E-state index contributed by atoms with van der Waals surface area (Å²) in [6, 6.07) is 0. The van der Waals surface area contributed by atoms with Crippen molar-refractivity contribution in [2.24, 2.45) is 0 Å². The Labute approximate surface area is 83.1 Å². The molecule has 0 spiro atoms. The fourth-order valence-electron chi connectivity index (χ4n) is 0.818. The average molecular weight is 200 g/mol. The number of rotatable bonds is 7. The highest BCUT2D eigenvalue weighted by molar-refractivity contribution is 5.89. The van der Waals surface area contributed by atoms with Crippen LogP contribution in [0.4, 0.5) is 0 Å². The third-order valence-electron chi connectivity index (χ3n) is 1.30. The number of amides is 1. The molecule has 0 aliphatic carbocycles. The van der Waals surface area contributed by atoms with Crippen LogP contribution >= 0.6 is 0 Å². The van der Waals surface area contributed by atoms with E-state index in [-0.39, 0.29) is 13.2 Å². The maximum atomic E-state index is 11.0. The molecule has 0 aromatic heterocycles. The minimum atomic E-state index is -1.81. The van der Waals surface area contributed by atoms with Gasteiger partial charge in [-0.1, -0.05) is 6.58 Å². The van der Waals surface area contributed by atoms with Gasteiger partial charge in [-0.3, -0.25) is 14.9 Å². The first kappa shape index (κ1) is 12.8.